The van der Waals surface area contributed by atoms with Crippen LogP contribution >= 0.6 is 0 Å². The van der Waals surface area contributed by atoms with Crippen molar-refractivity contribution in [3.8, 4) is 11.8 Å². The lowest BCUT2D eigenvalue weighted by Gasteiger charge is -2.18. The molecule has 1 amide bonds. The van der Waals surface area contributed by atoms with Crippen LogP contribution in [0.2, 0.25) is 0 Å². The zero-order valence-electron chi connectivity index (χ0n) is 13.9. The Kier molecular flexibility index (Phi) is 6.13. The molecule has 0 saturated heterocycles. The van der Waals surface area contributed by atoms with Gasteiger partial charge < -0.3 is 14.8 Å². The van der Waals surface area contributed by atoms with Crippen molar-refractivity contribution in [1.82, 2.24) is 0 Å². The number of para-hydroxylation sites is 2. The van der Waals surface area contributed by atoms with Gasteiger partial charge in [-0.1, -0.05) is 30.3 Å². The Balaban J connectivity index is 1.92. The van der Waals surface area contributed by atoms with Gasteiger partial charge in [-0.3, -0.25) is 4.79 Å². The van der Waals surface area contributed by atoms with Gasteiger partial charge in [0, 0.05) is 0 Å². The Bertz CT molecular complexity index is 784. The third-order valence-corrected chi connectivity index (χ3v) is 3.36. The summed E-state index contributed by atoms with van der Waals surface area (Å²) in [6.07, 6.45) is -1.88. The van der Waals surface area contributed by atoms with Gasteiger partial charge in [0.15, 0.2) is 12.2 Å². The predicted octanol–water partition coefficient (Wildman–Crippen LogP) is 2.90. The first-order chi connectivity index (χ1) is 12.0. The number of anilines is 1. The maximum Gasteiger partial charge on any atom is 0.347 e. The van der Waals surface area contributed by atoms with Gasteiger partial charge >= 0.3 is 5.97 Å². The van der Waals surface area contributed by atoms with Gasteiger partial charge in [0.2, 0.25) is 0 Å². The van der Waals surface area contributed by atoms with E-state index in [-0.39, 0.29) is 0 Å². The number of nitriles is 1. The molecule has 0 fully saturated rings. The van der Waals surface area contributed by atoms with Crippen LogP contribution in [-0.4, -0.2) is 24.1 Å². The molecule has 0 aliphatic heterocycles. The first kappa shape index (κ1) is 18.0. The number of hydrogen-bond acceptors (Lipinski definition) is 5. The van der Waals surface area contributed by atoms with Crippen LogP contribution in [0.15, 0.2) is 54.6 Å². The molecule has 2 aromatic rings. The average molecular weight is 338 g/mol. The highest BCUT2D eigenvalue weighted by atomic mass is 16.6. The van der Waals surface area contributed by atoms with Crippen molar-refractivity contribution in [3.05, 3.63) is 60.2 Å². The monoisotopic (exact) mass is 338 g/mol. The topological polar surface area (TPSA) is 88.4 Å². The highest BCUT2D eigenvalue weighted by molar-refractivity contribution is 5.96. The van der Waals surface area contributed by atoms with Crippen molar-refractivity contribution in [3.63, 3.8) is 0 Å². The number of ether oxygens (including phenoxy) is 2. The van der Waals surface area contributed by atoms with Gasteiger partial charge in [0.25, 0.3) is 5.91 Å². The van der Waals surface area contributed by atoms with Crippen LogP contribution in [-0.2, 0) is 14.3 Å². The summed E-state index contributed by atoms with van der Waals surface area (Å²) in [6, 6.07) is 17.4. The number of benzene rings is 2. The number of nitrogens with one attached hydrogen (secondary N) is 1. The van der Waals surface area contributed by atoms with Gasteiger partial charge in [-0.2, -0.15) is 5.26 Å². The summed E-state index contributed by atoms with van der Waals surface area (Å²) in [7, 11) is 0. The highest BCUT2D eigenvalue weighted by Crippen LogP contribution is 2.15. The van der Waals surface area contributed by atoms with Crippen molar-refractivity contribution in [1.29, 1.82) is 5.26 Å². The van der Waals surface area contributed by atoms with E-state index in [0.717, 1.165) is 0 Å². The Morgan fingerprint density at radius 3 is 2.32 bits per heavy atom. The van der Waals surface area contributed by atoms with Crippen LogP contribution < -0.4 is 10.1 Å². The van der Waals surface area contributed by atoms with E-state index in [1.807, 2.05) is 12.1 Å². The van der Waals surface area contributed by atoms with E-state index in [0.29, 0.717) is 17.0 Å². The molecule has 2 atom stereocenters. The SMILES string of the molecule is C[C@H](OC(=O)[C@H](C)Oc1ccccc1)C(=O)Nc1ccccc1C#N. The third-order valence-electron chi connectivity index (χ3n) is 3.36. The molecule has 0 saturated carbocycles. The van der Waals surface area contributed by atoms with Crippen molar-refractivity contribution >= 4 is 17.6 Å². The second-order valence-corrected chi connectivity index (χ2v) is 5.30. The number of hydrogen-bond donors (Lipinski definition) is 1. The molecule has 0 aliphatic rings. The number of rotatable bonds is 6. The Morgan fingerprint density at radius 1 is 1.00 bits per heavy atom. The standard InChI is InChI=1S/C19H18N2O4/c1-13(18(22)21-17-11-7-6-8-15(17)12-20)25-19(23)14(2)24-16-9-4-3-5-10-16/h3-11,13-14H,1-2H3,(H,21,22)/t13-,14-/m0/s1. The fourth-order valence-corrected chi connectivity index (χ4v) is 2.00. The van der Waals surface area contributed by atoms with E-state index >= 15 is 0 Å². The van der Waals surface area contributed by atoms with E-state index in [1.54, 1.807) is 55.5 Å². The van der Waals surface area contributed by atoms with Gasteiger partial charge in [-0.05, 0) is 38.1 Å². The Hall–Kier alpha value is -3.33. The lowest BCUT2D eigenvalue weighted by molar-refractivity contribution is -0.159. The molecule has 0 spiro atoms. The minimum Gasteiger partial charge on any atom is -0.479 e. The lowest BCUT2D eigenvalue weighted by Crippen LogP contribution is -2.35. The van der Waals surface area contributed by atoms with E-state index in [1.165, 1.54) is 6.92 Å². The predicted molar refractivity (Wildman–Crippen MR) is 91.9 cm³/mol. The van der Waals surface area contributed by atoms with Crippen molar-refractivity contribution in [2.75, 3.05) is 5.32 Å². The second kappa shape index (κ2) is 8.50. The maximum absolute atomic E-state index is 12.2. The molecule has 25 heavy (non-hydrogen) atoms. The average Bonchev–Trinajstić information content (AvgIpc) is 2.62. The Morgan fingerprint density at radius 2 is 1.64 bits per heavy atom. The molecule has 0 bridgehead atoms. The molecule has 1 N–H and O–H groups in total. The minimum absolute atomic E-state index is 0.329. The van der Waals surface area contributed by atoms with Crippen LogP contribution in [0.25, 0.3) is 0 Å². The summed E-state index contributed by atoms with van der Waals surface area (Å²) >= 11 is 0. The van der Waals surface area contributed by atoms with Gasteiger partial charge in [-0.15, -0.1) is 0 Å². The molecule has 6 heteroatoms. The molecule has 0 aromatic heterocycles. The number of carbonyl (C=O) groups is 2. The summed E-state index contributed by atoms with van der Waals surface area (Å²) in [4.78, 5) is 24.2. The van der Waals surface area contributed by atoms with E-state index in [2.05, 4.69) is 5.32 Å². The first-order valence-electron chi connectivity index (χ1n) is 7.73. The van der Waals surface area contributed by atoms with Gasteiger partial charge in [0.1, 0.15) is 11.8 Å². The van der Waals surface area contributed by atoms with Crippen LogP contribution in [0.5, 0.6) is 5.75 Å². The molecule has 2 rings (SSSR count). The summed E-state index contributed by atoms with van der Waals surface area (Å²) in [5.74, 6) is -0.643. The van der Waals surface area contributed by atoms with E-state index < -0.39 is 24.1 Å². The molecule has 0 aliphatic carbocycles. The largest absolute Gasteiger partial charge is 0.479 e. The van der Waals surface area contributed by atoms with Crippen LogP contribution in [0.1, 0.15) is 19.4 Å². The van der Waals surface area contributed by atoms with Crippen molar-refractivity contribution in [2.45, 2.75) is 26.1 Å². The zero-order valence-corrected chi connectivity index (χ0v) is 13.9. The fraction of sp³-hybridized carbons (Fsp3) is 0.211. The summed E-state index contributed by atoms with van der Waals surface area (Å²) in [6.45, 7) is 3.00. The molecule has 0 heterocycles. The smallest absolute Gasteiger partial charge is 0.347 e. The zero-order chi connectivity index (χ0) is 18.2. The third kappa shape index (κ3) is 5.08. The van der Waals surface area contributed by atoms with Crippen molar-refractivity contribution in [2.24, 2.45) is 0 Å². The maximum atomic E-state index is 12.2. The van der Waals surface area contributed by atoms with Crippen LogP contribution in [0.4, 0.5) is 5.69 Å². The number of nitrogens with zero attached hydrogens (tertiary/aromatic N) is 1. The lowest BCUT2D eigenvalue weighted by atomic mass is 10.2. The molecule has 0 unspecified atom stereocenters. The number of esters is 1. The molecular weight excluding hydrogens is 320 g/mol. The van der Waals surface area contributed by atoms with Crippen LogP contribution in [0, 0.1) is 11.3 Å². The first-order valence-corrected chi connectivity index (χ1v) is 7.73. The molecule has 0 radical (unpaired) electrons. The molecule has 128 valence electrons. The minimum atomic E-state index is -1.03. The van der Waals surface area contributed by atoms with Crippen molar-refractivity contribution < 1.29 is 19.1 Å². The van der Waals surface area contributed by atoms with Gasteiger partial charge in [-0.25, -0.2) is 4.79 Å². The Labute approximate surface area is 146 Å². The normalized spacial score (nSPS) is 12.4. The summed E-state index contributed by atoms with van der Waals surface area (Å²) in [5, 5.41) is 11.6. The second-order valence-electron chi connectivity index (χ2n) is 5.30. The quantitative estimate of drug-likeness (QED) is 0.818. The van der Waals surface area contributed by atoms with Crippen LogP contribution in [0.3, 0.4) is 0 Å². The fourth-order valence-electron chi connectivity index (χ4n) is 2.00. The number of carbonyl (C=O) groups excluding carboxylic acids is 2. The summed E-state index contributed by atoms with van der Waals surface area (Å²) < 4.78 is 10.6. The van der Waals surface area contributed by atoms with E-state index in [4.69, 9.17) is 14.7 Å². The summed E-state index contributed by atoms with van der Waals surface area (Å²) in [5.41, 5.74) is 0.696. The van der Waals surface area contributed by atoms with E-state index in [9.17, 15) is 9.59 Å². The van der Waals surface area contributed by atoms with Gasteiger partial charge in [0.05, 0.1) is 11.3 Å². The molecule has 6 nitrogen and oxygen atoms in total. The molecular formula is C19H18N2O4. The highest BCUT2D eigenvalue weighted by Gasteiger charge is 2.23. The number of amides is 1. The molecule has 2 aromatic carbocycles.